The van der Waals surface area contributed by atoms with Gasteiger partial charge in [0.2, 0.25) is 0 Å². The second-order valence-electron chi connectivity index (χ2n) is 4.36. The molecule has 2 atom stereocenters. The zero-order chi connectivity index (χ0) is 17.0. The lowest BCUT2D eigenvalue weighted by Crippen LogP contribution is -2.29. The molecule has 0 aliphatic carbocycles. The summed E-state index contributed by atoms with van der Waals surface area (Å²) >= 11 is 0. The third kappa shape index (κ3) is 9.82. The second-order valence-corrected chi connectivity index (χ2v) is 4.36. The number of aliphatic hydroxyl groups excluding tert-OH is 1. The molecule has 6 nitrogen and oxygen atoms in total. The van der Waals surface area contributed by atoms with E-state index in [0.29, 0.717) is 6.54 Å². The highest BCUT2D eigenvalue weighted by molar-refractivity contribution is 5.67. The fourth-order valence-electron chi connectivity index (χ4n) is 1.42. The maximum atomic E-state index is 11.0. The Bertz CT molecular complexity index is 476. The van der Waals surface area contributed by atoms with Crippen molar-refractivity contribution in [3.05, 3.63) is 0 Å². The van der Waals surface area contributed by atoms with E-state index in [1.54, 1.807) is 0 Å². The highest BCUT2D eigenvalue weighted by atomic mass is 16.6. The first-order chi connectivity index (χ1) is 10.4. The van der Waals surface area contributed by atoms with E-state index in [1.807, 2.05) is 13.8 Å². The summed E-state index contributed by atoms with van der Waals surface area (Å²) in [7, 11) is 0. The molecule has 0 aromatic carbocycles. The van der Waals surface area contributed by atoms with Gasteiger partial charge in [-0.3, -0.25) is 14.5 Å². The van der Waals surface area contributed by atoms with Crippen LogP contribution in [0, 0.1) is 23.7 Å². The maximum Gasteiger partial charge on any atom is 0.304 e. The molecular formula is C16H23NO5. The van der Waals surface area contributed by atoms with Gasteiger partial charge in [-0.1, -0.05) is 37.5 Å². The van der Waals surface area contributed by atoms with Gasteiger partial charge in [0.1, 0.15) is 0 Å². The molecule has 0 aromatic heterocycles. The summed E-state index contributed by atoms with van der Waals surface area (Å²) in [6, 6.07) is 0. The zero-order valence-corrected chi connectivity index (χ0v) is 13.5. The second kappa shape index (κ2) is 11.6. The molecule has 1 N–H and O–H groups in total. The molecule has 122 valence electrons. The van der Waals surface area contributed by atoms with Gasteiger partial charge in [0.15, 0.2) is 18.8 Å². The number of esters is 2. The summed E-state index contributed by atoms with van der Waals surface area (Å²) in [5, 5.41) is 9.95. The lowest BCUT2D eigenvalue weighted by atomic mass is 10.2. The van der Waals surface area contributed by atoms with Crippen LogP contribution < -0.4 is 0 Å². The van der Waals surface area contributed by atoms with Crippen molar-refractivity contribution in [2.75, 3.05) is 26.2 Å². The van der Waals surface area contributed by atoms with Crippen molar-refractivity contribution < 1.29 is 24.2 Å². The Kier molecular flexibility index (Phi) is 10.6. The van der Waals surface area contributed by atoms with E-state index < -0.39 is 24.1 Å². The normalized spacial score (nSPS) is 12.3. The molecule has 0 rings (SSSR count). The van der Waals surface area contributed by atoms with Gasteiger partial charge < -0.3 is 14.6 Å². The minimum Gasteiger partial charge on any atom is -0.453 e. The minimum atomic E-state index is -1.22. The summed E-state index contributed by atoms with van der Waals surface area (Å²) in [5.41, 5.74) is 0. The molecule has 22 heavy (non-hydrogen) atoms. The first-order valence-electron chi connectivity index (χ1n) is 7.08. The highest BCUT2D eigenvalue weighted by Crippen LogP contribution is 1.99. The maximum absolute atomic E-state index is 11.0. The first kappa shape index (κ1) is 20.0. The Morgan fingerprint density at radius 3 is 2.23 bits per heavy atom. The van der Waals surface area contributed by atoms with E-state index >= 15 is 0 Å². The lowest BCUT2D eigenvalue weighted by molar-refractivity contribution is -0.146. The molecule has 6 heteroatoms. The van der Waals surface area contributed by atoms with Crippen LogP contribution in [0.1, 0.15) is 27.7 Å². The number of nitrogens with zero attached hydrogens (tertiary/aromatic N) is 1. The number of ether oxygens (including phenoxy) is 2. The van der Waals surface area contributed by atoms with Gasteiger partial charge in [0.05, 0.1) is 6.54 Å². The molecule has 0 aliphatic heterocycles. The minimum absolute atomic E-state index is 0.132. The van der Waals surface area contributed by atoms with E-state index in [4.69, 9.17) is 4.74 Å². The molecule has 0 saturated heterocycles. The van der Waals surface area contributed by atoms with Crippen LogP contribution in [0.4, 0.5) is 0 Å². The first-order valence-corrected chi connectivity index (χ1v) is 7.08. The van der Waals surface area contributed by atoms with Crippen LogP contribution >= 0.6 is 0 Å². The van der Waals surface area contributed by atoms with Crippen LogP contribution in [0.25, 0.3) is 0 Å². The van der Waals surface area contributed by atoms with Gasteiger partial charge >= 0.3 is 11.9 Å². The van der Waals surface area contributed by atoms with Crippen molar-refractivity contribution in [2.24, 2.45) is 0 Å². The molecule has 2 unspecified atom stereocenters. The van der Waals surface area contributed by atoms with Gasteiger partial charge in [-0.05, 0) is 13.1 Å². The fraction of sp³-hybridized carbons (Fsp3) is 0.625. The van der Waals surface area contributed by atoms with Gasteiger partial charge in [-0.2, -0.15) is 0 Å². The summed E-state index contributed by atoms with van der Waals surface area (Å²) in [4.78, 5) is 23.7. The fourth-order valence-corrected chi connectivity index (χ4v) is 1.42. The number of hydrogen-bond acceptors (Lipinski definition) is 6. The van der Waals surface area contributed by atoms with E-state index in [0.717, 1.165) is 13.1 Å². The van der Waals surface area contributed by atoms with Crippen LogP contribution in [-0.4, -0.2) is 60.4 Å². The standard InChI is InChI=1S/C16H23NO5/c1-5-17(6-2)11-7-9-15(20)16(22-14(4)19)10-8-12-21-13(3)18/h15-16,20H,5-6,11-12H2,1-4H3. The van der Waals surface area contributed by atoms with Gasteiger partial charge in [0.25, 0.3) is 0 Å². The Morgan fingerprint density at radius 2 is 1.73 bits per heavy atom. The summed E-state index contributed by atoms with van der Waals surface area (Å²) in [6.45, 7) is 8.61. The van der Waals surface area contributed by atoms with Crippen molar-refractivity contribution in [1.29, 1.82) is 0 Å². The van der Waals surface area contributed by atoms with Gasteiger partial charge in [-0.15, -0.1) is 0 Å². The van der Waals surface area contributed by atoms with Crippen LogP contribution in [-0.2, 0) is 19.1 Å². The Morgan fingerprint density at radius 1 is 1.09 bits per heavy atom. The van der Waals surface area contributed by atoms with Crippen LogP contribution in [0.2, 0.25) is 0 Å². The number of carbonyl (C=O) groups excluding carboxylic acids is 2. The van der Waals surface area contributed by atoms with Crippen LogP contribution in [0.3, 0.4) is 0 Å². The van der Waals surface area contributed by atoms with Crippen LogP contribution in [0.5, 0.6) is 0 Å². The number of carbonyl (C=O) groups is 2. The van der Waals surface area contributed by atoms with Crippen LogP contribution in [0.15, 0.2) is 0 Å². The van der Waals surface area contributed by atoms with E-state index in [-0.39, 0.29) is 6.61 Å². The molecule has 0 aliphatic rings. The molecule has 0 amide bonds. The summed E-state index contributed by atoms with van der Waals surface area (Å²) in [5.74, 6) is 9.46. The summed E-state index contributed by atoms with van der Waals surface area (Å²) in [6.07, 6.45) is -2.29. The number of aliphatic hydroxyl groups is 1. The van der Waals surface area contributed by atoms with E-state index in [2.05, 4.69) is 33.3 Å². The Labute approximate surface area is 131 Å². The van der Waals surface area contributed by atoms with Gasteiger partial charge in [0, 0.05) is 13.8 Å². The molecule has 0 radical (unpaired) electrons. The third-order valence-corrected chi connectivity index (χ3v) is 2.62. The lowest BCUT2D eigenvalue weighted by Gasteiger charge is -2.15. The molecule has 0 saturated carbocycles. The molecular weight excluding hydrogens is 286 g/mol. The topological polar surface area (TPSA) is 76.1 Å². The summed E-state index contributed by atoms with van der Waals surface area (Å²) < 4.78 is 9.55. The number of hydrogen-bond donors (Lipinski definition) is 1. The van der Waals surface area contributed by atoms with Crippen molar-refractivity contribution >= 4 is 11.9 Å². The monoisotopic (exact) mass is 309 g/mol. The average molecular weight is 309 g/mol. The van der Waals surface area contributed by atoms with Crippen molar-refractivity contribution in [2.45, 2.75) is 39.9 Å². The third-order valence-electron chi connectivity index (χ3n) is 2.62. The Hall–Kier alpha value is -2.02. The smallest absolute Gasteiger partial charge is 0.304 e. The Balaban J connectivity index is 4.69. The molecule has 0 aromatic rings. The van der Waals surface area contributed by atoms with Gasteiger partial charge in [-0.25, -0.2) is 0 Å². The SMILES string of the molecule is CCN(CC)CC#CC(O)C(C#CCOC(C)=O)OC(C)=O. The van der Waals surface area contributed by atoms with Crippen molar-refractivity contribution in [3.63, 3.8) is 0 Å². The zero-order valence-electron chi connectivity index (χ0n) is 13.5. The van der Waals surface area contributed by atoms with Crippen molar-refractivity contribution in [3.8, 4) is 23.7 Å². The predicted molar refractivity (Wildman–Crippen MR) is 81.5 cm³/mol. The highest BCUT2D eigenvalue weighted by Gasteiger charge is 2.17. The molecule has 0 bridgehead atoms. The molecule has 0 heterocycles. The van der Waals surface area contributed by atoms with E-state index in [9.17, 15) is 14.7 Å². The number of rotatable bonds is 6. The van der Waals surface area contributed by atoms with Crippen molar-refractivity contribution in [1.82, 2.24) is 4.90 Å². The molecule has 0 fully saturated rings. The average Bonchev–Trinajstić information content (AvgIpc) is 2.46. The van der Waals surface area contributed by atoms with E-state index in [1.165, 1.54) is 13.8 Å². The molecule has 0 spiro atoms. The largest absolute Gasteiger partial charge is 0.453 e. The predicted octanol–water partition coefficient (Wildman–Crippen LogP) is 0.191. The quantitative estimate of drug-likeness (QED) is 0.558.